The molecule has 1 saturated heterocycles. The van der Waals surface area contributed by atoms with E-state index in [-0.39, 0.29) is 23.7 Å². The molecule has 0 spiro atoms. The van der Waals surface area contributed by atoms with Crippen LogP contribution in [-0.2, 0) is 19.7 Å². The highest BCUT2D eigenvalue weighted by Gasteiger charge is 2.60. The van der Waals surface area contributed by atoms with E-state index >= 15 is 0 Å². The molecule has 0 bridgehead atoms. The lowest BCUT2D eigenvalue weighted by atomic mass is 9.55. The molecule has 1 aromatic carbocycles. The van der Waals surface area contributed by atoms with Gasteiger partial charge in [-0.05, 0) is 69.0 Å². The molecule has 2 fully saturated rings. The third-order valence-electron chi connectivity index (χ3n) is 7.48. The highest BCUT2D eigenvalue weighted by molar-refractivity contribution is 5.92. The van der Waals surface area contributed by atoms with Crippen LogP contribution in [0.3, 0.4) is 0 Å². The standard InChI is InChI=1S/C28H34N2O5/c1-4-14-30-15-13-27(23-6-5-7-25(32)17-23)18-24(10-12-28(27,19-30)35-21(3)31)29-26(33)9-8-22-11-16-34-20(22)2/h4-9,11,16-17,24,32H,1,10,12-15,18-19H2,2-3H3,(H,29,33)/t24-,27-,28-/m0/s1. The number of likely N-dealkylation sites (tertiary alicyclic amines) is 1. The van der Waals surface area contributed by atoms with Gasteiger partial charge in [0.25, 0.3) is 0 Å². The van der Waals surface area contributed by atoms with Crippen LogP contribution in [0.5, 0.6) is 5.75 Å². The average Bonchev–Trinajstić information content (AvgIpc) is 3.22. The normalized spacial score (nSPS) is 26.7. The molecule has 1 aliphatic heterocycles. The number of esters is 1. The summed E-state index contributed by atoms with van der Waals surface area (Å²) in [6, 6.07) is 8.95. The number of nitrogens with one attached hydrogen (secondary N) is 1. The fraction of sp³-hybridized carbons (Fsp3) is 0.429. The Labute approximate surface area is 206 Å². The summed E-state index contributed by atoms with van der Waals surface area (Å²) in [6.45, 7) is 9.26. The molecular formula is C28H34N2O5. The Morgan fingerprint density at radius 3 is 2.86 bits per heavy atom. The van der Waals surface area contributed by atoms with Crippen LogP contribution in [-0.4, -0.2) is 53.2 Å². The van der Waals surface area contributed by atoms with Gasteiger partial charge in [-0.1, -0.05) is 18.2 Å². The van der Waals surface area contributed by atoms with Crippen LogP contribution in [0.2, 0.25) is 0 Å². The molecule has 7 nitrogen and oxygen atoms in total. The summed E-state index contributed by atoms with van der Waals surface area (Å²) in [6.07, 6.45) is 9.36. The van der Waals surface area contributed by atoms with Gasteiger partial charge in [-0.2, -0.15) is 0 Å². The molecule has 35 heavy (non-hydrogen) atoms. The Hall–Kier alpha value is -3.32. The molecule has 7 heteroatoms. The molecule has 1 saturated carbocycles. The van der Waals surface area contributed by atoms with Crippen LogP contribution in [0.15, 0.2) is 59.7 Å². The first kappa shape index (κ1) is 24.8. The van der Waals surface area contributed by atoms with Crippen molar-refractivity contribution in [3.8, 4) is 5.75 Å². The van der Waals surface area contributed by atoms with Crippen LogP contribution in [0.1, 0.15) is 49.5 Å². The van der Waals surface area contributed by atoms with E-state index in [2.05, 4.69) is 16.8 Å². The predicted molar refractivity (Wildman–Crippen MR) is 134 cm³/mol. The first-order valence-corrected chi connectivity index (χ1v) is 12.1. The number of rotatable bonds is 7. The van der Waals surface area contributed by atoms with Gasteiger partial charge in [0.15, 0.2) is 0 Å². The number of hydrogen-bond donors (Lipinski definition) is 2. The van der Waals surface area contributed by atoms with Crippen molar-refractivity contribution in [2.24, 2.45) is 0 Å². The lowest BCUT2D eigenvalue weighted by Crippen LogP contribution is -2.68. The second-order valence-electron chi connectivity index (χ2n) is 9.71. The van der Waals surface area contributed by atoms with Crippen LogP contribution < -0.4 is 5.32 Å². The molecule has 0 radical (unpaired) electrons. The number of furan rings is 1. The maximum atomic E-state index is 12.8. The highest BCUT2D eigenvalue weighted by atomic mass is 16.6. The summed E-state index contributed by atoms with van der Waals surface area (Å²) < 4.78 is 11.5. The van der Waals surface area contributed by atoms with E-state index in [4.69, 9.17) is 9.15 Å². The van der Waals surface area contributed by atoms with E-state index in [9.17, 15) is 14.7 Å². The molecule has 2 N–H and O–H groups in total. The summed E-state index contributed by atoms with van der Waals surface area (Å²) in [5.74, 6) is 0.431. The molecule has 2 aliphatic rings. The maximum Gasteiger partial charge on any atom is 0.303 e. The lowest BCUT2D eigenvalue weighted by molar-refractivity contribution is -0.186. The van der Waals surface area contributed by atoms with Crippen molar-refractivity contribution in [2.45, 2.75) is 56.6 Å². The second kappa shape index (κ2) is 10.1. The molecule has 3 atom stereocenters. The fourth-order valence-electron chi connectivity index (χ4n) is 5.93. The van der Waals surface area contributed by atoms with Gasteiger partial charge >= 0.3 is 5.97 Å². The van der Waals surface area contributed by atoms with Gasteiger partial charge in [0.1, 0.15) is 17.1 Å². The summed E-state index contributed by atoms with van der Waals surface area (Å²) in [7, 11) is 0. The zero-order valence-electron chi connectivity index (χ0n) is 20.5. The Kier molecular flexibility index (Phi) is 7.17. The van der Waals surface area contributed by atoms with Crippen LogP contribution in [0, 0.1) is 6.92 Å². The van der Waals surface area contributed by atoms with Crippen molar-refractivity contribution >= 4 is 18.0 Å². The Morgan fingerprint density at radius 2 is 2.17 bits per heavy atom. The minimum Gasteiger partial charge on any atom is -0.508 e. The maximum absolute atomic E-state index is 12.8. The van der Waals surface area contributed by atoms with Crippen LogP contribution >= 0.6 is 0 Å². The van der Waals surface area contributed by atoms with Crippen molar-refractivity contribution in [3.63, 3.8) is 0 Å². The molecule has 1 aromatic heterocycles. The van der Waals surface area contributed by atoms with E-state index in [1.165, 1.54) is 13.0 Å². The number of phenolic OH excluding ortho intramolecular Hbond substituents is 1. The highest BCUT2D eigenvalue weighted by Crippen LogP contribution is 2.54. The number of ether oxygens (including phenoxy) is 1. The van der Waals surface area contributed by atoms with Gasteiger partial charge in [0, 0.05) is 43.1 Å². The summed E-state index contributed by atoms with van der Waals surface area (Å²) in [5.41, 5.74) is 0.485. The number of hydrogen-bond acceptors (Lipinski definition) is 6. The smallest absolute Gasteiger partial charge is 0.303 e. The van der Waals surface area contributed by atoms with Gasteiger partial charge in [-0.15, -0.1) is 6.58 Å². The predicted octanol–water partition coefficient (Wildman–Crippen LogP) is 4.11. The van der Waals surface area contributed by atoms with Gasteiger partial charge in [0.2, 0.25) is 5.91 Å². The third kappa shape index (κ3) is 5.05. The molecule has 2 aromatic rings. The molecule has 186 valence electrons. The summed E-state index contributed by atoms with van der Waals surface area (Å²) >= 11 is 0. The first-order chi connectivity index (χ1) is 16.8. The van der Waals surface area contributed by atoms with Crippen LogP contribution in [0.4, 0.5) is 0 Å². The van der Waals surface area contributed by atoms with E-state index in [1.807, 2.05) is 31.2 Å². The number of piperidine rings is 1. The van der Waals surface area contributed by atoms with Crippen LogP contribution in [0.25, 0.3) is 6.08 Å². The molecule has 4 rings (SSSR count). The largest absolute Gasteiger partial charge is 0.508 e. The summed E-state index contributed by atoms with van der Waals surface area (Å²) in [5, 5.41) is 13.5. The zero-order valence-corrected chi connectivity index (χ0v) is 20.5. The third-order valence-corrected chi connectivity index (χ3v) is 7.48. The van der Waals surface area contributed by atoms with Crippen molar-refractivity contribution in [3.05, 3.63) is 72.2 Å². The van der Waals surface area contributed by atoms with Crippen molar-refractivity contribution in [1.29, 1.82) is 0 Å². The van der Waals surface area contributed by atoms with Crippen molar-refractivity contribution in [1.82, 2.24) is 10.2 Å². The number of carbonyl (C=O) groups excluding carboxylic acids is 2. The van der Waals surface area contributed by atoms with E-state index < -0.39 is 11.0 Å². The Morgan fingerprint density at radius 1 is 1.34 bits per heavy atom. The van der Waals surface area contributed by atoms with Gasteiger partial charge in [0.05, 0.1) is 6.26 Å². The minimum absolute atomic E-state index is 0.102. The van der Waals surface area contributed by atoms with E-state index in [1.54, 1.807) is 24.5 Å². The second-order valence-corrected chi connectivity index (χ2v) is 9.71. The number of phenols is 1. The van der Waals surface area contributed by atoms with E-state index in [0.717, 1.165) is 29.9 Å². The number of nitrogens with zero attached hydrogens (tertiary/aromatic N) is 1. The molecule has 0 unspecified atom stereocenters. The average molecular weight is 479 g/mol. The molecule has 2 heterocycles. The number of carbonyl (C=O) groups is 2. The number of benzene rings is 1. The van der Waals surface area contributed by atoms with Gasteiger partial charge in [-0.25, -0.2) is 0 Å². The lowest BCUT2D eigenvalue weighted by Gasteiger charge is -2.59. The molecule has 1 amide bonds. The monoisotopic (exact) mass is 478 g/mol. The zero-order chi connectivity index (χ0) is 25.1. The molecular weight excluding hydrogens is 444 g/mol. The quantitative estimate of drug-likeness (QED) is 0.354. The number of amides is 1. The van der Waals surface area contributed by atoms with E-state index in [0.29, 0.717) is 32.4 Å². The summed E-state index contributed by atoms with van der Waals surface area (Å²) in [4.78, 5) is 27.4. The van der Waals surface area contributed by atoms with Crippen molar-refractivity contribution in [2.75, 3.05) is 19.6 Å². The molecule has 1 aliphatic carbocycles. The Balaban J connectivity index is 1.65. The SMILES string of the molecule is C=CCN1CC[C@@]2(c3cccc(O)c3)C[C@@H](NC(=O)C=Cc3ccoc3C)CC[C@]2(OC(C)=O)C1. The van der Waals surface area contributed by atoms with Gasteiger partial charge in [-0.3, -0.25) is 14.5 Å². The first-order valence-electron chi connectivity index (χ1n) is 12.1. The minimum atomic E-state index is -0.765. The fourth-order valence-corrected chi connectivity index (χ4v) is 5.93. The number of aromatic hydroxyl groups is 1. The van der Waals surface area contributed by atoms with Crippen molar-refractivity contribution < 1.29 is 23.8 Å². The van der Waals surface area contributed by atoms with Gasteiger partial charge < -0.3 is 19.6 Å². The topological polar surface area (TPSA) is 92.0 Å². The Bertz CT molecular complexity index is 1120. The number of fused-ring (bicyclic) bond motifs is 1. The number of aryl methyl sites for hydroxylation is 1.